The topological polar surface area (TPSA) is 50.9 Å². The molecule has 0 fully saturated rings. The molecule has 1 heterocycles. The fourth-order valence-electron chi connectivity index (χ4n) is 1.25. The number of nitrogens with zero attached hydrogens (tertiary/aromatic N) is 3. The van der Waals surface area contributed by atoms with Crippen molar-refractivity contribution in [3.63, 3.8) is 0 Å². The van der Waals surface area contributed by atoms with Crippen molar-refractivity contribution < 1.29 is 5.11 Å². The van der Waals surface area contributed by atoms with Gasteiger partial charge in [0.2, 0.25) is 0 Å². The van der Waals surface area contributed by atoms with Gasteiger partial charge in [0, 0.05) is 12.5 Å². The second kappa shape index (κ2) is 4.37. The lowest BCUT2D eigenvalue weighted by Gasteiger charge is -2.15. The predicted octanol–water partition coefficient (Wildman–Crippen LogP) is 1.17. The maximum atomic E-state index is 9.42. The number of hydrogen-bond acceptors (Lipinski definition) is 3. The summed E-state index contributed by atoms with van der Waals surface area (Å²) in [5.74, 6) is 0.0987. The van der Waals surface area contributed by atoms with E-state index >= 15 is 0 Å². The van der Waals surface area contributed by atoms with Gasteiger partial charge in [0.1, 0.15) is 0 Å². The Morgan fingerprint density at radius 1 is 1.54 bits per heavy atom. The molecule has 74 valence electrons. The van der Waals surface area contributed by atoms with Crippen LogP contribution in [0.4, 0.5) is 0 Å². The van der Waals surface area contributed by atoms with Crippen molar-refractivity contribution in [2.75, 3.05) is 0 Å². The SMILES string of the molecule is CCCn1nncc1C(C)C(C)O. The Balaban J connectivity index is 2.80. The van der Waals surface area contributed by atoms with Gasteiger partial charge < -0.3 is 5.11 Å². The number of aromatic nitrogens is 3. The third kappa shape index (κ3) is 2.28. The Morgan fingerprint density at radius 3 is 2.77 bits per heavy atom. The Kier molecular flexibility index (Phi) is 3.42. The van der Waals surface area contributed by atoms with Gasteiger partial charge >= 0.3 is 0 Å². The Labute approximate surface area is 78.6 Å². The highest BCUT2D eigenvalue weighted by molar-refractivity contribution is 5.03. The minimum atomic E-state index is -0.353. The summed E-state index contributed by atoms with van der Waals surface area (Å²) in [7, 11) is 0. The van der Waals surface area contributed by atoms with Gasteiger partial charge in [-0.15, -0.1) is 5.10 Å². The lowest BCUT2D eigenvalue weighted by Crippen LogP contribution is -2.16. The lowest BCUT2D eigenvalue weighted by molar-refractivity contribution is 0.164. The highest BCUT2D eigenvalue weighted by Crippen LogP contribution is 2.17. The van der Waals surface area contributed by atoms with Crippen molar-refractivity contribution in [1.29, 1.82) is 0 Å². The summed E-state index contributed by atoms with van der Waals surface area (Å²) in [6.07, 6.45) is 2.41. The summed E-state index contributed by atoms with van der Waals surface area (Å²) in [4.78, 5) is 0. The number of aryl methyl sites for hydroxylation is 1. The largest absolute Gasteiger partial charge is 0.393 e. The molecule has 0 aliphatic carbocycles. The van der Waals surface area contributed by atoms with E-state index in [9.17, 15) is 5.11 Å². The van der Waals surface area contributed by atoms with Crippen LogP contribution in [0.15, 0.2) is 6.20 Å². The Morgan fingerprint density at radius 2 is 2.23 bits per heavy atom. The summed E-state index contributed by atoms with van der Waals surface area (Å²) < 4.78 is 1.86. The predicted molar refractivity (Wildman–Crippen MR) is 50.4 cm³/mol. The van der Waals surface area contributed by atoms with Crippen LogP contribution in [0.3, 0.4) is 0 Å². The van der Waals surface area contributed by atoms with Crippen LogP contribution in [0.5, 0.6) is 0 Å². The van der Waals surface area contributed by atoms with E-state index in [2.05, 4.69) is 17.2 Å². The van der Waals surface area contributed by atoms with Crippen LogP contribution in [-0.4, -0.2) is 26.2 Å². The molecular weight excluding hydrogens is 166 g/mol. The first-order valence-corrected chi connectivity index (χ1v) is 4.73. The van der Waals surface area contributed by atoms with Crippen molar-refractivity contribution in [2.24, 2.45) is 0 Å². The van der Waals surface area contributed by atoms with Crippen LogP contribution >= 0.6 is 0 Å². The number of hydrogen-bond donors (Lipinski definition) is 1. The van der Waals surface area contributed by atoms with Gasteiger partial charge in [0.05, 0.1) is 18.0 Å². The van der Waals surface area contributed by atoms with Gasteiger partial charge in [0.15, 0.2) is 0 Å². The zero-order chi connectivity index (χ0) is 9.84. The van der Waals surface area contributed by atoms with Gasteiger partial charge in [-0.05, 0) is 13.3 Å². The van der Waals surface area contributed by atoms with Crippen molar-refractivity contribution in [3.8, 4) is 0 Å². The quantitative estimate of drug-likeness (QED) is 0.762. The van der Waals surface area contributed by atoms with E-state index in [0.29, 0.717) is 0 Å². The van der Waals surface area contributed by atoms with Gasteiger partial charge in [-0.25, -0.2) is 4.68 Å². The minimum Gasteiger partial charge on any atom is -0.393 e. The molecule has 1 aromatic heterocycles. The molecule has 2 unspecified atom stereocenters. The number of aliphatic hydroxyl groups is 1. The monoisotopic (exact) mass is 183 g/mol. The van der Waals surface area contributed by atoms with Crippen LogP contribution in [0.2, 0.25) is 0 Å². The third-order valence-corrected chi connectivity index (χ3v) is 2.27. The minimum absolute atomic E-state index is 0.0987. The van der Waals surface area contributed by atoms with E-state index in [4.69, 9.17) is 0 Å². The van der Waals surface area contributed by atoms with Crippen LogP contribution in [0, 0.1) is 0 Å². The van der Waals surface area contributed by atoms with Crippen molar-refractivity contribution in [3.05, 3.63) is 11.9 Å². The molecule has 0 bridgehead atoms. The number of aliphatic hydroxyl groups excluding tert-OH is 1. The molecular formula is C9H17N3O. The molecule has 1 rings (SSSR count). The van der Waals surface area contributed by atoms with Gasteiger partial charge in [0.25, 0.3) is 0 Å². The molecule has 1 aromatic rings. The Bertz CT molecular complexity index is 257. The standard InChI is InChI=1S/C9H17N3O/c1-4-5-12-9(6-10-11-12)7(2)8(3)13/h6-8,13H,4-5H2,1-3H3. The average Bonchev–Trinajstić information content (AvgIpc) is 2.52. The fraction of sp³-hybridized carbons (Fsp3) is 0.778. The van der Waals surface area contributed by atoms with Gasteiger partial charge in [-0.3, -0.25) is 0 Å². The van der Waals surface area contributed by atoms with E-state index in [1.807, 2.05) is 11.6 Å². The summed E-state index contributed by atoms with van der Waals surface area (Å²) in [5, 5.41) is 17.2. The fourth-order valence-corrected chi connectivity index (χ4v) is 1.25. The van der Waals surface area contributed by atoms with Gasteiger partial charge in [-0.2, -0.15) is 0 Å². The Hall–Kier alpha value is -0.900. The van der Waals surface area contributed by atoms with Gasteiger partial charge in [-0.1, -0.05) is 19.1 Å². The number of rotatable bonds is 4. The molecule has 0 amide bonds. The first-order valence-electron chi connectivity index (χ1n) is 4.73. The van der Waals surface area contributed by atoms with Crippen LogP contribution in [0.25, 0.3) is 0 Å². The summed E-state index contributed by atoms with van der Waals surface area (Å²) in [5.41, 5.74) is 1.01. The zero-order valence-corrected chi connectivity index (χ0v) is 8.44. The molecule has 4 heteroatoms. The molecule has 0 aromatic carbocycles. The smallest absolute Gasteiger partial charge is 0.0728 e. The van der Waals surface area contributed by atoms with Crippen LogP contribution < -0.4 is 0 Å². The van der Waals surface area contributed by atoms with Crippen molar-refractivity contribution >= 4 is 0 Å². The molecule has 2 atom stereocenters. The van der Waals surface area contributed by atoms with E-state index in [1.54, 1.807) is 13.1 Å². The highest BCUT2D eigenvalue weighted by Gasteiger charge is 2.16. The summed E-state index contributed by atoms with van der Waals surface area (Å²) in [6, 6.07) is 0. The van der Waals surface area contributed by atoms with E-state index in [1.165, 1.54) is 0 Å². The molecule has 0 aliphatic rings. The second-order valence-electron chi connectivity index (χ2n) is 3.41. The first-order chi connectivity index (χ1) is 6.16. The second-order valence-corrected chi connectivity index (χ2v) is 3.41. The lowest BCUT2D eigenvalue weighted by atomic mass is 10.0. The molecule has 0 spiro atoms. The molecule has 4 nitrogen and oxygen atoms in total. The van der Waals surface area contributed by atoms with Crippen LogP contribution in [0.1, 0.15) is 38.8 Å². The van der Waals surface area contributed by atoms with Crippen molar-refractivity contribution in [1.82, 2.24) is 15.0 Å². The van der Waals surface area contributed by atoms with E-state index in [-0.39, 0.29) is 12.0 Å². The van der Waals surface area contributed by atoms with E-state index in [0.717, 1.165) is 18.7 Å². The normalized spacial score (nSPS) is 15.7. The van der Waals surface area contributed by atoms with Crippen LogP contribution in [-0.2, 0) is 6.54 Å². The maximum Gasteiger partial charge on any atom is 0.0728 e. The molecule has 0 aliphatic heterocycles. The molecule has 0 radical (unpaired) electrons. The maximum absolute atomic E-state index is 9.42. The summed E-state index contributed by atoms with van der Waals surface area (Å²) >= 11 is 0. The zero-order valence-electron chi connectivity index (χ0n) is 8.44. The average molecular weight is 183 g/mol. The molecule has 0 saturated heterocycles. The van der Waals surface area contributed by atoms with Crippen molar-refractivity contribution in [2.45, 2.75) is 45.8 Å². The molecule has 0 saturated carbocycles. The van der Waals surface area contributed by atoms with E-state index < -0.39 is 0 Å². The highest BCUT2D eigenvalue weighted by atomic mass is 16.3. The third-order valence-electron chi connectivity index (χ3n) is 2.27. The summed E-state index contributed by atoms with van der Waals surface area (Å²) in [6.45, 7) is 6.73. The molecule has 1 N–H and O–H groups in total. The first kappa shape index (κ1) is 10.2. The molecule has 13 heavy (non-hydrogen) atoms.